The van der Waals surface area contributed by atoms with E-state index in [9.17, 15) is 9.90 Å². The third-order valence-electron chi connectivity index (χ3n) is 4.81. The monoisotopic (exact) mass is 388 g/mol. The zero-order valence-corrected chi connectivity index (χ0v) is 16.2. The second-order valence-electron chi connectivity index (χ2n) is 6.84. The maximum absolute atomic E-state index is 12.1. The van der Waals surface area contributed by atoms with Crippen molar-refractivity contribution in [2.24, 2.45) is 0 Å². The Balaban J connectivity index is 1.69. The molecule has 1 aliphatic heterocycles. The van der Waals surface area contributed by atoms with Crippen LogP contribution in [-0.2, 0) is 4.79 Å². The number of likely N-dealkylation sites (N-methyl/N-ethyl adjacent to an activating group) is 1. The van der Waals surface area contributed by atoms with E-state index in [1.807, 2.05) is 43.3 Å². The molecule has 4 rings (SSSR count). The first-order valence-corrected chi connectivity index (χ1v) is 9.36. The molecule has 7 heteroatoms. The van der Waals surface area contributed by atoms with Crippen molar-refractivity contribution in [1.29, 1.82) is 0 Å². The topological polar surface area (TPSA) is 88.4 Å². The molecule has 1 atom stereocenters. The standard InChI is InChI=1S/C22H20N4O3/c1-3-29-20-19-18(23-14-24-20)8-7-17(25-19)16-6-4-5-15(13-16)9-10-22(28)11-12-26(2)21(22)27/h4-8,13-14,28H,3,11-12H2,1-2H3/t22-/m0/s1. The Bertz CT molecular complexity index is 1150. The molecule has 3 heterocycles. The van der Waals surface area contributed by atoms with Gasteiger partial charge in [0, 0.05) is 31.1 Å². The normalized spacial score (nSPS) is 18.6. The van der Waals surface area contributed by atoms with Crippen LogP contribution in [0.1, 0.15) is 18.9 Å². The average Bonchev–Trinajstić information content (AvgIpc) is 3.00. The predicted molar refractivity (Wildman–Crippen MR) is 108 cm³/mol. The molecule has 1 N–H and O–H groups in total. The Morgan fingerprint density at radius 1 is 1.28 bits per heavy atom. The van der Waals surface area contributed by atoms with Crippen LogP contribution in [-0.4, -0.2) is 56.7 Å². The van der Waals surface area contributed by atoms with E-state index in [0.717, 1.165) is 11.3 Å². The number of rotatable bonds is 3. The fourth-order valence-corrected chi connectivity index (χ4v) is 3.22. The van der Waals surface area contributed by atoms with E-state index in [2.05, 4.69) is 26.8 Å². The van der Waals surface area contributed by atoms with Crippen molar-refractivity contribution in [3.05, 3.63) is 48.3 Å². The summed E-state index contributed by atoms with van der Waals surface area (Å²) >= 11 is 0. The lowest BCUT2D eigenvalue weighted by Gasteiger charge is -2.13. The van der Waals surface area contributed by atoms with Crippen molar-refractivity contribution < 1.29 is 14.6 Å². The summed E-state index contributed by atoms with van der Waals surface area (Å²) in [7, 11) is 1.66. The summed E-state index contributed by atoms with van der Waals surface area (Å²) in [5.41, 5.74) is 1.95. The zero-order valence-electron chi connectivity index (χ0n) is 16.2. The minimum absolute atomic E-state index is 0.307. The summed E-state index contributed by atoms with van der Waals surface area (Å²) in [5.74, 6) is 5.76. The van der Waals surface area contributed by atoms with Gasteiger partial charge >= 0.3 is 0 Å². The summed E-state index contributed by atoms with van der Waals surface area (Å²) in [6.07, 6.45) is 1.76. The number of carbonyl (C=O) groups excluding carboxylic acids is 1. The number of fused-ring (bicyclic) bond motifs is 1. The molecule has 1 aromatic carbocycles. The van der Waals surface area contributed by atoms with E-state index in [-0.39, 0.29) is 5.91 Å². The highest BCUT2D eigenvalue weighted by Crippen LogP contribution is 2.25. The largest absolute Gasteiger partial charge is 0.476 e. The van der Waals surface area contributed by atoms with E-state index in [4.69, 9.17) is 4.74 Å². The minimum atomic E-state index is -1.62. The van der Waals surface area contributed by atoms with Crippen molar-refractivity contribution in [2.45, 2.75) is 18.9 Å². The molecule has 0 spiro atoms. The minimum Gasteiger partial charge on any atom is -0.476 e. The number of nitrogens with zero attached hydrogens (tertiary/aromatic N) is 4. The Morgan fingerprint density at radius 3 is 2.90 bits per heavy atom. The summed E-state index contributed by atoms with van der Waals surface area (Å²) in [6, 6.07) is 11.2. The Labute approximate surface area is 168 Å². The van der Waals surface area contributed by atoms with Gasteiger partial charge in [-0.05, 0) is 31.2 Å². The summed E-state index contributed by atoms with van der Waals surface area (Å²) in [5, 5.41) is 10.5. The molecule has 1 amide bonds. The van der Waals surface area contributed by atoms with Crippen molar-refractivity contribution in [1.82, 2.24) is 19.9 Å². The van der Waals surface area contributed by atoms with Gasteiger partial charge in [0.1, 0.15) is 6.33 Å². The molecule has 0 aliphatic carbocycles. The molecule has 1 fully saturated rings. The number of hydrogen-bond donors (Lipinski definition) is 1. The number of hydrogen-bond acceptors (Lipinski definition) is 6. The fourth-order valence-electron chi connectivity index (χ4n) is 3.22. The third-order valence-corrected chi connectivity index (χ3v) is 4.81. The number of ether oxygens (including phenoxy) is 1. The van der Waals surface area contributed by atoms with Crippen molar-refractivity contribution in [2.75, 3.05) is 20.2 Å². The van der Waals surface area contributed by atoms with E-state index in [1.54, 1.807) is 7.05 Å². The van der Waals surface area contributed by atoms with Crippen LogP contribution in [0.2, 0.25) is 0 Å². The Morgan fingerprint density at radius 2 is 2.14 bits per heavy atom. The van der Waals surface area contributed by atoms with Crippen LogP contribution in [0.3, 0.4) is 0 Å². The number of pyridine rings is 1. The van der Waals surface area contributed by atoms with E-state index < -0.39 is 5.60 Å². The fraction of sp³-hybridized carbons (Fsp3) is 0.273. The Hall–Kier alpha value is -3.50. The van der Waals surface area contributed by atoms with Gasteiger partial charge in [0.15, 0.2) is 5.52 Å². The molecule has 29 heavy (non-hydrogen) atoms. The second-order valence-corrected chi connectivity index (χ2v) is 6.84. The summed E-state index contributed by atoms with van der Waals surface area (Å²) in [4.78, 5) is 26.6. The third kappa shape index (κ3) is 3.62. The van der Waals surface area contributed by atoms with Crippen LogP contribution in [0, 0.1) is 11.8 Å². The lowest BCUT2D eigenvalue weighted by atomic mass is 10.0. The van der Waals surface area contributed by atoms with Gasteiger partial charge in [-0.25, -0.2) is 9.97 Å². The highest BCUT2D eigenvalue weighted by molar-refractivity contribution is 5.90. The molecule has 0 bridgehead atoms. The number of aliphatic hydroxyl groups is 1. The molecule has 0 saturated carbocycles. The second kappa shape index (κ2) is 7.49. The number of carbonyl (C=O) groups is 1. The van der Waals surface area contributed by atoms with Gasteiger partial charge in [-0.1, -0.05) is 24.0 Å². The van der Waals surface area contributed by atoms with E-state index in [0.29, 0.717) is 42.0 Å². The van der Waals surface area contributed by atoms with Crippen LogP contribution in [0.25, 0.3) is 22.3 Å². The SMILES string of the molecule is CCOc1ncnc2ccc(-c3cccc(C#C[C@]4(O)CCN(C)C4=O)c3)nc12. The molecule has 0 radical (unpaired) electrons. The molecule has 7 nitrogen and oxygen atoms in total. The van der Waals surface area contributed by atoms with E-state index in [1.165, 1.54) is 11.2 Å². The van der Waals surface area contributed by atoms with Crippen LogP contribution >= 0.6 is 0 Å². The lowest BCUT2D eigenvalue weighted by molar-refractivity contribution is -0.137. The van der Waals surface area contributed by atoms with Crippen molar-refractivity contribution in [3.8, 4) is 29.0 Å². The van der Waals surface area contributed by atoms with Gasteiger partial charge < -0.3 is 14.7 Å². The molecule has 1 aliphatic rings. The zero-order chi connectivity index (χ0) is 20.4. The van der Waals surface area contributed by atoms with Crippen LogP contribution in [0.4, 0.5) is 0 Å². The maximum Gasteiger partial charge on any atom is 0.267 e. The molecule has 3 aromatic rings. The van der Waals surface area contributed by atoms with Crippen LogP contribution < -0.4 is 4.74 Å². The molecule has 0 unspecified atom stereocenters. The first-order valence-electron chi connectivity index (χ1n) is 9.36. The summed E-state index contributed by atoms with van der Waals surface area (Å²) in [6.45, 7) is 2.87. The van der Waals surface area contributed by atoms with Gasteiger partial charge in [-0.3, -0.25) is 4.79 Å². The number of aromatic nitrogens is 3. The highest BCUT2D eigenvalue weighted by Gasteiger charge is 2.42. The summed E-state index contributed by atoms with van der Waals surface area (Å²) < 4.78 is 5.56. The molecule has 2 aromatic heterocycles. The van der Waals surface area contributed by atoms with Crippen molar-refractivity contribution in [3.63, 3.8) is 0 Å². The number of benzene rings is 1. The van der Waals surface area contributed by atoms with Gasteiger partial charge in [0.2, 0.25) is 11.5 Å². The number of likely N-dealkylation sites (tertiary alicyclic amines) is 1. The first-order chi connectivity index (χ1) is 14.0. The van der Waals surface area contributed by atoms with Crippen molar-refractivity contribution >= 4 is 16.9 Å². The first kappa shape index (κ1) is 18.8. The predicted octanol–water partition coefficient (Wildman–Crippen LogP) is 2.04. The molecular weight excluding hydrogens is 368 g/mol. The van der Waals surface area contributed by atoms with Gasteiger partial charge in [0.25, 0.3) is 5.91 Å². The maximum atomic E-state index is 12.1. The average molecular weight is 388 g/mol. The quantitative estimate of drug-likeness (QED) is 0.691. The van der Waals surface area contributed by atoms with Gasteiger partial charge in [-0.15, -0.1) is 0 Å². The Kier molecular flexibility index (Phi) is 4.87. The molecule has 1 saturated heterocycles. The van der Waals surface area contributed by atoms with Crippen LogP contribution in [0.5, 0.6) is 5.88 Å². The smallest absolute Gasteiger partial charge is 0.267 e. The van der Waals surface area contributed by atoms with Crippen LogP contribution in [0.15, 0.2) is 42.7 Å². The highest BCUT2D eigenvalue weighted by atomic mass is 16.5. The molecular formula is C22H20N4O3. The molecule has 146 valence electrons. The van der Waals surface area contributed by atoms with Gasteiger partial charge in [0.05, 0.1) is 17.8 Å². The van der Waals surface area contributed by atoms with Gasteiger partial charge in [-0.2, -0.15) is 4.98 Å². The lowest BCUT2D eigenvalue weighted by Crippen LogP contribution is -2.37. The number of amides is 1. The van der Waals surface area contributed by atoms with E-state index >= 15 is 0 Å².